The van der Waals surface area contributed by atoms with Gasteiger partial charge in [-0.15, -0.1) is 0 Å². The molecule has 1 aromatic carbocycles. The molecule has 0 heterocycles. The van der Waals surface area contributed by atoms with Crippen LogP contribution in [0.25, 0.3) is 0 Å². The van der Waals surface area contributed by atoms with Gasteiger partial charge in [-0.05, 0) is 32.4 Å². The van der Waals surface area contributed by atoms with Crippen LogP contribution in [-0.4, -0.2) is 26.2 Å². The molecule has 1 rings (SSSR count). The molecule has 0 bridgehead atoms. The van der Waals surface area contributed by atoms with Crippen LogP contribution in [0.3, 0.4) is 0 Å². The summed E-state index contributed by atoms with van der Waals surface area (Å²) in [5.41, 5.74) is 3.24. The molecule has 16 heavy (non-hydrogen) atoms. The number of likely N-dealkylation sites (N-methyl/N-ethyl adjacent to an activating group) is 1. The molecule has 3 nitrogen and oxygen atoms in total. The number of nitrogens with zero attached hydrogens (tertiary/aromatic N) is 1. The summed E-state index contributed by atoms with van der Waals surface area (Å²) in [7, 11) is 1.78. The first kappa shape index (κ1) is 12.7. The number of anilines is 1. The number of aryl methyl sites for hydroxylation is 2. The first-order chi connectivity index (χ1) is 7.56. The summed E-state index contributed by atoms with van der Waals surface area (Å²) in [6.07, 6.45) is 0. The van der Waals surface area contributed by atoms with Crippen LogP contribution in [0, 0.1) is 13.8 Å². The van der Waals surface area contributed by atoms with Crippen LogP contribution < -0.4 is 4.90 Å². The average molecular weight is 221 g/mol. The third kappa shape index (κ3) is 3.07. The van der Waals surface area contributed by atoms with E-state index in [0.717, 1.165) is 11.3 Å². The van der Waals surface area contributed by atoms with Gasteiger partial charge in [-0.25, -0.2) is 0 Å². The molecule has 0 atom stereocenters. The molecule has 1 amide bonds. The van der Waals surface area contributed by atoms with Crippen LogP contribution in [0.15, 0.2) is 18.2 Å². The van der Waals surface area contributed by atoms with E-state index in [9.17, 15) is 4.79 Å². The summed E-state index contributed by atoms with van der Waals surface area (Å²) >= 11 is 0. The van der Waals surface area contributed by atoms with Crippen molar-refractivity contribution < 1.29 is 9.53 Å². The van der Waals surface area contributed by atoms with Crippen LogP contribution in [0.4, 0.5) is 5.69 Å². The van der Waals surface area contributed by atoms with Gasteiger partial charge in [-0.3, -0.25) is 4.79 Å². The lowest BCUT2D eigenvalue weighted by molar-refractivity contribution is -0.122. The topological polar surface area (TPSA) is 29.5 Å². The Balaban J connectivity index is 2.79. The van der Waals surface area contributed by atoms with Crippen molar-refractivity contribution in [2.75, 3.05) is 25.2 Å². The Morgan fingerprint density at radius 3 is 2.62 bits per heavy atom. The highest BCUT2D eigenvalue weighted by Crippen LogP contribution is 2.19. The van der Waals surface area contributed by atoms with Gasteiger partial charge in [0.15, 0.2) is 0 Å². The molecule has 0 radical (unpaired) electrons. The molecule has 0 aliphatic rings. The Hall–Kier alpha value is -1.35. The van der Waals surface area contributed by atoms with E-state index in [-0.39, 0.29) is 12.5 Å². The number of carbonyl (C=O) groups is 1. The lowest BCUT2D eigenvalue weighted by atomic mass is 10.1. The zero-order valence-electron chi connectivity index (χ0n) is 10.4. The Morgan fingerprint density at radius 1 is 1.38 bits per heavy atom. The quantitative estimate of drug-likeness (QED) is 0.780. The van der Waals surface area contributed by atoms with E-state index in [0.29, 0.717) is 6.61 Å². The molecule has 0 unspecified atom stereocenters. The van der Waals surface area contributed by atoms with Crippen molar-refractivity contribution in [2.45, 2.75) is 20.8 Å². The van der Waals surface area contributed by atoms with Gasteiger partial charge in [-0.2, -0.15) is 0 Å². The summed E-state index contributed by atoms with van der Waals surface area (Å²) in [6, 6.07) is 6.04. The zero-order valence-corrected chi connectivity index (χ0v) is 10.4. The highest BCUT2D eigenvalue weighted by molar-refractivity contribution is 5.94. The van der Waals surface area contributed by atoms with Crippen molar-refractivity contribution in [3.63, 3.8) is 0 Å². The molecule has 0 aliphatic carbocycles. The van der Waals surface area contributed by atoms with Crippen molar-refractivity contribution in [3.8, 4) is 0 Å². The molecule has 0 saturated heterocycles. The summed E-state index contributed by atoms with van der Waals surface area (Å²) in [6.45, 7) is 6.63. The number of carbonyl (C=O) groups excluding carboxylic acids is 1. The molecule has 88 valence electrons. The average Bonchev–Trinajstić information content (AvgIpc) is 2.25. The highest BCUT2D eigenvalue weighted by atomic mass is 16.5. The molecule has 0 spiro atoms. The van der Waals surface area contributed by atoms with E-state index in [2.05, 4.69) is 6.07 Å². The predicted octanol–water partition coefficient (Wildman–Crippen LogP) is 2.30. The second kappa shape index (κ2) is 5.66. The van der Waals surface area contributed by atoms with Gasteiger partial charge in [0.25, 0.3) is 5.91 Å². The van der Waals surface area contributed by atoms with Gasteiger partial charge in [0.1, 0.15) is 6.61 Å². The Labute approximate surface area is 97.0 Å². The Bertz CT molecular complexity index is 374. The minimum atomic E-state index is -0.0196. The summed E-state index contributed by atoms with van der Waals surface area (Å²) in [5.74, 6) is -0.0196. The molecule has 3 heteroatoms. The smallest absolute Gasteiger partial charge is 0.252 e. The number of hydrogen-bond acceptors (Lipinski definition) is 2. The third-order valence-electron chi connectivity index (χ3n) is 2.52. The van der Waals surface area contributed by atoms with E-state index in [1.54, 1.807) is 11.9 Å². The number of ether oxygens (including phenoxy) is 1. The SMILES string of the molecule is CCOCC(=O)N(C)c1ccc(C)cc1C. The second-order valence-electron chi connectivity index (χ2n) is 3.88. The van der Waals surface area contributed by atoms with Crippen LogP contribution in [0.1, 0.15) is 18.1 Å². The molecular weight excluding hydrogens is 202 g/mol. The van der Waals surface area contributed by atoms with Gasteiger partial charge in [0.2, 0.25) is 0 Å². The van der Waals surface area contributed by atoms with Gasteiger partial charge >= 0.3 is 0 Å². The minimum absolute atomic E-state index is 0.0196. The van der Waals surface area contributed by atoms with Crippen LogP contribution in [0.5, 0.6) is 0 Å². The van der Waals surface area contributed by atoms with E-state index in [1.165, 1.54) is 5.56 Å². The number of benzene rings is 1. The first-order valence-electron chi connectivity index (χ1n) is 5.47. The van der Waals surface area contributed by atoms with E-state index >= 15 is 0 Å². The van der Waals surface area contributed by atoms with Crippen molar-refractivity contribution in [3.05, 3.63) is 29.3 Å². The number of hydrogen-bond donors (Lipinski definition) is 0. The molecule has 0 aromatic heterocycles. The molecule has 1 aromatic rings. The lowest BCUT2D eigenvalue weighted by Gasteiger charge is -2.19. The standard InChI is InChI=1S/C13H19NO2/c1-5-16-9-13(15)14(4)12-7-6-10(2)8-11(12)3/h6-8H,5,9H2,1-4H3. The fraction of sp³-hybridized carbons (Fsp3) is 0.462. The second-order valence-corrected chi connectivity index (χ2v) is 3.88. The number of rotatable bonds is 4. The third-order valence-corrected chi connectivity index (χ3v) is 2.52. The van der Waals surface area contributed by atoms with Crippen LogP contribution in [-0.2, 0) is 9.53 Å². The molecule has 0 aliphatic heterocycles. The van der Waals surface area contributed by atoms with Gasteiger partial charge in [-0.1, -0.05) is 17.7 Å². The van der Waals surface area contributed by atoms with Crippen molar-refractivity contribution >= 4 is 11.6 Å². The normalized spacial score (nSPS) is 10.2. The monoisotopic (exact) mass is 221 g/mol. The van der Waals surface area contributed by atoms with Crippen molar-refractivity contribution in [1.29, 1.82) is 0 Å². The van der Waals surface area contributed by atoms with E-state index in [1.807, 2.05) is 32.9 Å². The first-order valence-corrected chi connectivity index (χ1v) is 5.47. The van der Waals surface area contributed by atoms with Crippen LogP contribution >= 0.6 is 0 Å². The lowest BCUT2D eigenvalue weighted by Crippen LogP contribution is -2.30. The minimum Gasteiger partial charge on any atom is -0.372 e. The maximum absolute atomic E-state index is 11.7. The highest BCUT2D eigenvalue weighted by Gasteiger charge is 2.12. The van der Waals surface area contributed by atoms with Gasteiger partial charge in [0, 0.05) is 19.3 Å². The van der Waals surface area contributed by atoms with Gasteiger partial charge < -0.3 is 9.64 Å². The van der Waals surface area contributed by atoms with Crippen LogP contribution in [0.2, 0.25) is 0 Å². The Morgan fingerprint density at radius 2 is 2.06 bits per heavy atom. The zero-order chi connectivity index (χ0) is 12.1. The van der Waals surface area contributed by atoms with Crippen molar-refractivity contribution in [2.24, 2.45) is 0 Å². The van der Waals surface area contributed by atoms with E-state index < -0.39 is 0 Å². The summed E-state index contributed by atoms with van der Waals surface area (Å²) < 4.78 is 5.11. The van der Waals surface area contributed by atoms with E-state index in [4.69, 9.17) is 4.74 Å². The van der Waals surface area contributed by atoms with Crippen molar-refractivity contribution in [1.82, 2.24) is 0 Å². The maximum atomic E-state index is 11.7. The summed E-state index contributed by atoms with van der Waals surface area (Å²) in [5, 5.41) is 0. The largest absolute Gasteiger partial charge is 0.372 e. The number of amides is 1. The fourth-order valence-corrected chi connectivity index (χ4v) is 1.60. The Kier molecular flexibility index (Phi) is 4.50. The molecular formula is C13H19NO2. The molecule has 0 N–H and O–H groups in total. The molecule has 0 fully saturated rings. The maximum Gasteiger partial charge on any atom is 0.252 e. The summed E-state index contributed by atoms with van der Waals surface area (Å²) in [4.78, 5) is 13.4. The molecule has 0 saturated carbocycles. The predicted molar refractivity (Wildman–Crippen MR) is 65.8 cm³/mol. The fourth-order valence-electron chi connectivity index (χ4n) is 1.60. The van der Waals surface area contributed by atoms with Gasteiger partial charge in [0.05, 0.1) is 0 Å².